The van der Waals surface area contributed by atoms with Crippen LogP contribution in [0.4, 0.5) is 5.82 Å². The number of nitrogens with two attached hydrogens (primary N) is 1. The quantitative estimate of drug-likeness (QED) is 0.225. The molecule has 1 fully saturated rings. The van der Waals surface area contributed by atoms with Crippen molar-refractivity contribution in [1.82, 2.24) is 25.0 Å². The number of likely N-dealkylation sites (N-methyl/N-ethyl adjacent to an activating group) is 1. The molecule has 210 valence electrons. The number of rotatable bonds is 8. The molecule has 0 bridgehead atoms. The Kier molecular flexibility index (Phi) is 7.77. The van der Waals surface area contributed by atoms with Crippen LogP contribution >= 0.6 is 0 Å². The first-order valence-corrected chi connectivity index (χ1v) is 13.7. The van der Waals surface area contributed by atoms with Gasteiger partial charge in [0.1, 0.15) is 23.1 Å². The molecule has 1 amide bonds. The number of nitrogens with zero attached hydrogens (tertiary/aromatic N) is 5. The van der Waals surface area contributed by atoms with Crippen molar-refractivity contribution in [3.63, 3.8) is 0 Å². The van der Waals surface area contributed by atoms with Gasteiger partial charge in [-0.25, -0.2) is 0 Å². The van der Waals surface area contributed by atoms with Crippen molar-refractivity contribution >= 4 is 22.6 Å². The fourth-order valence-corrected chi connectivity index (χ4v) is 5.08. The minimum absolute atomic E-state index is 0.0681. The second-order valence-electron chi connectivity index (χ2n) is 11.1. The number of hydrogen-bond acceptors (Lipinski definition) is 7. The molecule has 0 spiro atoms. The number of aromatic nitrogens is 3. The Morgan fingerprint density at radius 2 is 1.90 bits per heavy atom. The zero-order valence-electron chi connectivity index (χ0n) is 23.9. The molecule has 9 nitrogen and oxygen atoms in total. The van der Waals surface area contributed by atoms with Crippen molar-refractivity contribution in [2.75, 3.05) is 26.4 Å². The summed E-state index contributed by atoms with van der Waals surface area (Å²) in [5, 5.41) is 17.8. The van der Waals surface area contributed by atoms with Gasteiger partial charge in [0.25, 0.3) is 5.91 Å². The van der Waals surface area contributed by atoms with E-state index in [0.29, 0.717) is 24.5 Å². The van der Waals surface area contributed by atoms with E-state index >= 15 is 0 Å². The molecule has 0 saturated carbocycles. The number of pyridine rings is 1. The number of nitrogens with one attached hydrogen (secondary N) is 1. The van der Waals surface area contributed by atoms with Gasteiger partial charge in [0.2, 0.25) is 0 Å². The number of carbonyl (C=O) groups is 1. The first kappa shape index (κ1) is 27.9. The summed E-state index contributed by atoms with van der Waals surface area (Å²) in [7, 11) is 3.86. The van der Waals surface area contributed by atoms with Crippen molar-refractivity contribution in [2.45, 2.75) is 44.7 Å². The minimum Gasteiger partial charge on any atom is -0.457 e. The van der Waals surface area contributed by atoms with Gasteiger partial charge in [0.05, 0.1) is 16.6 Å². The number of ether oxygens (including phenoxy) is 1. The third kappa shape index (κ3) is 5.93. The second-order valence-corrected chi connectivity index (χ2v) is 11.1. The number of carbonyl (C=O) groups excluding carboxylic acids is 1. The molecule has 1 aliphatic rings. The maximum Gasteiger partial charge on any atom is 0.264 e. The van der Waals surface area contributed by atoms with E-state index in [2.05, 4.69) is 16.3 Å². The van der Waals surface area contributed by atoms with Crippen molar-refractivity contribution in [1.29, 1.82) is 5.26 Å². The standard InChI is InChI=1S/C32H35N7O2/c1-32(2,38(3)4)19-22(20-33)31(40)39-16-8-9-24(39)17-23-18-27-28(30(34)37-36-27)29(35-23)21-12-14-26(15-13-21)41-25-10-6-5-7-11-25/h5-7,10-15,18-19,24H,8-9,16-17H2,1-4H3,(H3,34,36,37)/t24-/m0/s1. The summed E-state index contributed by atoms with van der Waals surface area (Å²) >= 11 is 0. The van der Waals surface area contributed by atoms with Crippen molar-refractivity contribution in [3.05, 3.63) is 78.0 Å². The number of hydrogen-bond donors (Lipinski definition) is 2. The highest BCUT2D eigenvalue weighted by molar-refractivity contribution is 6.00. The third-order valence-corrected chi connectivity index (χ3v) is 7.82. The normalized spacial score (nSPS) is 15.9. The molecule has 1 atom stereocenters. The van der Waals surface area contributed by atoms with Crippen LogP contribution in [0.15, 0.2) is 72.3 Å². The average Bonchev–Trinajstić information content (AvgIpc) is 3.58. The van der Waals surface area contributed by atoms with E-state index in [1.54, 1.807) is 6.08 Å². The van der Waals surface area contributed by atoms with Crippen molar-refractivity contribution in [3.8, 4) is 28.8 Å². The van der Waals surface area contributed by atoms with Gasteiger partial charge in [0.15, 0.2) is 5.82 Å². The van der Waals surface area contributed by atoms with Gasteiger partial charge >= 0.3 is 0 Å². The maximum absolute atomic E-state index is 13.5. The van der Waals surface area contributed by atoms with Crippen LogP contribution in [-0.2, 0) is 11.2 Å². The van der Waals surface area contributed by atoms with Gasteiger partial charge < -0.3 is 20.3 Å². The highest BCUT2D eigenvalue weighted by atomic mass is 16.5. The zero-order chi connectivity index (χ0) is 29.1. The summed E-state index contributed by atoms with van der Waals surface area (Å²) in [6.45, 7) is 4.58. The molecule has 2 aromatic heterocycles. The molecule has 3 N–H and O–H groups in total. The predicted octanol–water partition coefficient (Wildman–Crippen LogP) is 5.32. The van der Waals surface area contributed by atoms with Crippen LogP contribution < -0.4 is 10.5 Å². The molecule has 1 saturated heterocycles. The van der Waals surface area contributed by atoms with Crippen LogP contribution in [0.25, 0.3) is 22.2 Å². The predicted molar refractivity (Wildman–Crippen MR) is 160 cm³/mol. The Hall–Kier alpha value is -4.68. The van der Waals surface area contributed by atoms with Crippen molar-refractivity contribution in [2.24, 2.45) is 0 Å². The Morgan fingerprint density at radius 3 is 2.59 bits per heavy atom. The van der Waals surface area contributed by atoms with E-state index in [4.69, 9.17) is 15.5 Å². The molecule has 4 aromatic rings. The fourth-order valence-electron chi connectivity index (χ4n) is 5.08. The summed E-state index contributed by atoms with van der Waals surface area (Å²) in [5.41, 5.74) is 9.18. The van der Waals surface area contributed by atoms with Crippen LogP contribution in [0.5, 0.6) is 11.5 Å². The molecule has 5 rings (SSSR count). The van der Waals surface area contributed by atoms with E-state index in [-0.39, 0.29) is 17.5 Å². The summed E-state index contributed by atoms with van der Waals surface area (Å²) in [4.78, 5) is 22.3. The second kappa shape index (κ2) is 11.4. The Morgan fingerprint density at radius 1 is 1.20 bits per heavy atom. The van der Waals surface area contributed by atoms with Crippen LogP contribution in [0, 0.1) is 11.3 Å². The number of anilines is 1. The van der Waals surface area contributed by atoms with Crippen LogP contribution in [0.1, 0.15) is 32.4 Å². The average molecular weight is 550 g/mol. The number of likely N-dealkylation sites (tertiary alicyclic amines) is 1. The topological polar surface area (TPSA) is 124 Å². The van der Waals surface area contributed by atoms with Gasteiger partial charge in [-0.05, 0) is 89.3 Å². The molecule has 2 aromatic carbocycles. The minimum atomic E-state index is -0.431. The molecular weight excluding hydrogens is 514 g/mol. The molecular formula is C32H35N7O2. The number of aromatic amines is 1. The molecule has 0 aliphatic carbocycles. The number of para-hydroxylation sites is 1. The molecule has 41 heavy (non-hydrogen) atoms. The van der Waals surface area contributed by atoms with Crippen LogP contribution in [-0.4, -0.2) is 63.1 Å². The number of amides is 1. The largest absolute Gasteiger partial charge is 0.457 e. The highest BCUT2D eigenvalue weighted by Crippen LogP contribution is 2.33. The van der Waals surface area contributed by atoms with E-state index in [1.165, 1.54) is 0 Å². The number of nitriles is 1. The lowest BCUT2D eigenvalue weighted by Crippen LogP contribution is -2.40. The zero-order valence-corrected chi connectivity index (χ0v) is 23.9. The molecule has 3 heterocycles. The first-order chi connectivity index (χ1) is 19.7. The summed E-state index contributed by atoms with van der Waals surface area (Å²) < 4.78 is 5.95. The Bertz CT molecular complexity index is 1620. The van der Waals surface area contributed by atoms with Gasteiger partial charge in [0, 0.05) is 35.8 Å². The maximum atomic E-state index is 13.5. The van der Waals surface area contributed by atoms with Crippen molar-refractivity contribution < 1.29 is 9.53 Å². The number of nitrogen functional groups attached to an aromatic ring is 1. The molecule has 0 radical (unpaired) electrons. The Labute approximate surface area is 240 Å². The molecule has 0 unspecified atom stereocenters. The summed E-state index contributed by atoms with van der Waals surface area (Å²) in [6.07, 6.45) is 4.03. The Balaban J connectivity index is 1.42. The highest BCUT2D eigenvalue weighted by Gasteiger charge is 2.32. The monoisotopic (exact) mass is 549 g/mol. The summed E-state index contributed by atoms with van der Waals surface area (Å²) in [5.74, 6) is 1.62. The SMILES string of the molecule is CN(C)C(C)(C)C=C(C#N)C(=O)N1CCC[C@H]1Cc1cc2[nH]nc(N)c2c(-c2ccc(Oc3ccccc3)cc2)n1. The smallest absolute Gasteiger partial charge is 0.264 e. The van der Waals surface area contributed by atoms with Crippen LogP contribution in [0.2, 0.25) is 0 Å². The lowest BCUT2D eigenvalue weighted by molar-refractivity contribution is -0.127. The van der Waals surface area contributed by atoms with E-state index in [1.807, 2.05) is 98.4 Å². The van der Waals surface area contributed by atoms with E-state index in [9.17, 15) is 10.1 Å². The first-order valence-electron chi connectivity index (χ1n) is 13.7. The van der Waals surface area contributed by atoms with E-state index in [0.717, 1.165) is 46.4 Å². The van der Waals surface area contributed by atoms with Crippen LogP contribution in [0.3, 0.4) is 0 Å². The van der Waals surface area contributed by atoms with Gasteiger partial charge in [-0.2, -0.15) is 10.4 Å². The van der Waals surface area contributed by atoms with Gasteiger partial charge in [-0.15, -0.1) is 0 Å². The van der Waals surface area contributed by atoms with E-state index < -0.39 is 5.54 Å². The molecule has 9 heteroatoms. The van der Waals surface area contributed by atoms with Gasteiger partial charge in [-0.1, -0.05) is 18.2 Å². The number of benzene rings is 2. The lowest BCUT2D eigenvalue weighted by Gasteiger charge is -2.30. The van der Waals surface area contributed by atoms with Gasteiger partial charge in [-0.3, -0.25) is 14.9 Å². The number of fused-ring (bicyclic) bond motifs is 1. The third-order valence-electron chi connectivity index (χ3n) is 7.82. The fraction of sp³-hybridized carbons (Fsp3) is 0.312. The molecule has 1 aliphatic heterocycles. The summed E-state index contributed by atoms with van der Waals surface area (Å²) in [6, 6.07) is 21.4. The lowest BCUT2D eigenvalue weighted by atomic mass is 9.99. The number of H-pyrrole nitrogens is 1.